The van der Waals surface area contributed by atoms with Crippen LogP contribution in [-0.2, 0) is 29.3 Å². The summed E-state index contributed by atoms with van der Waals surface area (Å²) in [4.78, 5) is 36.0. The molecule has 1 N–H and O–H groups in total. The molecule has 27 heavy (non-hydrogen) atoms. The number of carboxylic acids is 1. The van der Waals surface area contributed by atoms with Crippen LogP contribution in [0.15, 0.2) is 30.0 Å². The van der Waals surface area contributed by atoms with E-state index >= 15 is 0 Å². The second kappa shape index (κ2) is 9.90. The number of hydrogen-bond donors (Lipinski definition) is 1. The lowest BCUT2D eigenvalue weighted by molar-refractivity contribution is -0.149. The molecular formula is C21H28O6. The highest BCUT2D eigenvalue weighted by atomic mass is 16.5. The molecule has 0 amide bonds. The van der Waals surface area contributed by atoms with E-state index in [1.165, 1.54) is 6.08 Å². The minimum atomic E-state index is -1.15. The number of rotatable bonds is 10. The van der Waals surface area contributed by atoms with Gasteiger partial charge in [0.25, 0.3) is 0 Å². The van der Waals surface area contributed by atoms with Crippen molar-refractivity contribution < 1.29 is 29.0 Å². The molecule has 6 nitrogen and oxygen atoms in total. The first kappa shape index (κ1) is 22.4. The molecule has 0 unspecified atom stereocenters. The van der Waals surface area contributed by atoms with Gasteiger partial charge >= 0.3 is 11.9 Å². The van der Waals surface area contributed by atoms with Gasteiger partial charge in [-0.1, -0.05) is 31.2 Å². The Balaban J connectivity index is 3.25. The van der Waals surface area contributed by atoms with E-state index in [4.69, 9.17) is 9.47 Å². The molecule has 0 bridgehead atoms. The first-order valence-corrected chi connectivity index (χ1v) is 8.99. The van der Waals surface area contributed by atoms with Crippen LogP contribution >= 0.6 is 0 Å². The highest BCUT2D eigenvalue weighted by molar-refractivity contribution is 6.06. The molecule has 1 rings (SSSR count). The Morgan fingerprint density at radius 1 is 1.19 bits per heavy atom. The summed E-state index contributed by atoms with van der Waals surface area (Å²) >= 11 is 0. The fraction of sp³-hybridized carbons (Fsp3) is 0.476. The quantitative estimate of drug-likeness (QED) is 0.290. The van der Waals surface area contributed by atoms with Gasteiger partial charge in [-0.15, -0.1) is 0 Å². The largest absolute Gasteiger partial charge is 0.490 e. The van der Waals surface area contributed by atoms with Crippen LogP contribution < -0.4 is 0 Å². The number of hydrogen-bond acceptors (Lipinski definition) is 5. The molecule has 0 saturated heterocycles. The predicted octanol–water partition coefficient (Wildman–Crippen LogP) is 3.73. The molecule has 148 valence electrons. The van der Waals surface area contributed by atoms with Crippen LogP contribution in [0.4, 0.5) is 0 Å². The lowest BCUT2D eigenvalue weighted by Crippen LogP contribution is -2.29. The van der Waals surface area contributed by atoms with Crippen molar-refractivity contribution in [2.24, 2.45) is 0 Å². The molecule has 0 atom stereocenters. The molecule has 0 heterocycles. The molecule has 1 aromatic rings. The molecule has 6 heteroatoms. The van der Waals surface area contributed by atoms with Crippen molar-refractivity contribution in [1.29, 1.82) is 0 Å². The van der Waals surface area contributed by atoms with E-state index in [0.717, 1.165) is 0 Å². The lowest BCUT2D eigenvalue weighted by atomic mass is 9.81. The summed E-state index contributed by atoms with van der Waals surface area (Å²) in [6.07, 6.45) is 1.44. The van der Waals surface area contributed by atoms with E-state index in [9.17, 15) is 19.5 Å². The summed E-state index contributed by atoms with van der Waals surface area (Å²) in [6, 6.07) is 6.91. The highest BCUT2D eigenvalue weighted by Crippen LogP contribution is 2.28. The number of esters is 1. The van der Waals surface area contributed by atoms with Gasteiger partial charge in [0.2, 0.25) is 5.78 Å². The maximum Gasteiger partial charge on any atom is 0.314 e. The lowest BCUT2D eigenvalue weighted by Gasteiger charge is -2.22. The second-order valence-electron chi connectivity index (χ2n) is 7.01. The Kier molecular flexibility index (Phi) is 8.22. The van der Waals surface area contributed by atoms with Crippen LogP contribution in [0.3, 0.4) is 0 Å². The first-order valence-electron chi connectivity index (χ1n) is 8.99. The number of allylic oxidation sites excluding steroid dienone is 1. The number of aliphatic carboxylic acids is 1. The molecule has 0 aromatic heterocycles. The number of ether oxygens (including phenoxy) is 2. The van der Waals surface area contributed by atoms with Gasteiger partial charge in [0.05, 0.1) is 18.1 Å². The van der Waals surface area contributed by atoms with E-state index in [1.807, 2.05) is 6.92 Å². The number of carbonyl (C=O) groups is 3. The Morgan fingerprint density at radius 2 is 1.81 bits per heavy atom. The molecule has 0 radical (unpaired) electrons. The molecule has 0 saturated carbocycles. The van der Waals surface area contributed by atoms with Gasteiger partial charge in [-0.25, -0.2) is 0 Å². The van der Waals surface area contributed by atoms with E-state index in [2.05, 4.69) is 0 Å². The first-order chi connectivity index (χ1) is 12.6. The van der Waals surface area contributed by atoms with Crippen molar-refractivity contribution in [3.8, 4) is 0 Å². The SMILES string of the molecule is CCCO/C(=C/c1ccccc1C(C)(C)C(=O)O)C(=O)CC(=O)OC(C)C. The fourth-order valence-corrected chi connectivity index (χ4v) is 2.39. The van der Waals surface area contributed by atoms with Gasteiger partial charge < -0.3 is 14.6 Å². The molecule has 0 aliphatic carbocycles. The average Bonchev–Trinajstić information content (AvgIpc) is 2.57. The zero-order valence-corrected chi connectivity index (χ0v) is 16.6. The van der Waals surface area contributed by atoms with Gasteiger partial charge in [0.15, 0.2) is 5.76 Å². The molecule has 0 aliphatic heterocycles. The maximum atomic E-state index is 12.5. The molecule has 1 aromatic carbocycles. The molecular weight excluding hydrogens is 348 g/mol. The Labute approximate surface area is 160 Å². The topological polar surface area (TPSA) is 89.9 Å². The van der Waals surface area contributed by atoms with Gasteiger partial charge in [-0.05, 0) is 51.3 Å². The van der Waals surface area contributed by atoms with Crippen LogP contribution in [-0.4, -0.2) is 35.5 Å². The summed E-state index contributed by atoms with van der Waals surface area (Å²) in [5.41, 5.74) is -0.0444. The number of ketones is 1. The number of benzene rings is 1. The van der Waals surface area contributed by atoms with Crippen LogP contribution in [0.25, 0.3) is 6.08 Å². The van der Waals surface area contributed by atoms with Crippen LogP contribution in [0.2, 0.25) is 0 Å². The predicted molar refractivity (Wildman–Crippen MR) is 102 cm³/mol. The minimum absolute atomic E-state index is 0.0196. The van der Waals surface area contributed by atoms with Crippen molar-refractivity contribution in [3.05, 3.63) is 41.2 Å². The number of carbonyl (C=O) groups excluding carboxylic acids is 2. The summed E-state index contributed by atoms with van der Waals surface area (Å²) in [5, 5.41) is 9.53. The summed E-state index contributed by atoms with van der Waals surface area (Å²) in [6.45, 7) is 8.80. The van der Waals surface area contributed by atoms with E-state index in [1.54, 1.807) is 52.0 Å². The maximum absolute atomic E-state index is 12.5. The standard InChI is InChI=1S/C21H28O6/c1-6-11-26-18(17(22)13-19(23)27-14(2)3)12-15-9-7-8-10-16(15)21(4,5)20(24)25/h7-10,12,14H,6,11,13H2,1-5H3,(H,24,25)/b18-12+. The summed E-state index contributed by atoms with van der Waals surface area (Å²) < 4.78 is 10.6. The highest BCUT2D eigenvalue weighted by Gasteiger charge is 2.31. The van der Waals surface area contributed by atoms with Gasteiger partial charge in [-0.3, -0.25) is 14.4 Å². The summed E-state index contributed by atoms with van der Waals surface area (Å²) in [7, 11) is 0. The van der Waals surface area contributed by atoms with Gasteiger partial charge in [0, 0.05) is 0 Å². The van der Waals surface area contributed by atoms with Crippen molar-refractivity contribution in [3.63, 3.8) is 0 Å². The van der Waals surface area contributed by atoms with Crippen LogP contribution in [0.5, 0.6) is 0 Å². The van der Waals surface area contributed by atoms with E-state index in [-0.39, 0.29) is 11.9 Å². The van der Waals surface area contributed by atoms with Crippen molar-refractivity contribution in [1.82, 2.24) is 0 Å². The Bertz CT molecular complexity index is 715. The number of carboxylic acid groups (broad SMARTS) is 1. The van der Waals surface area contributed by atoms with Crippen molar-refractivity contribution >= 4 is 23.8 Å². The number of Topliss-reactive ketones (excluding diaryl/α,β-unsaturated/α-hetero) is 1. The summed E-state index contributed by atoms with van der Waals surface area (Å²) in [5.74, 6) is -2.09. The van der Waals surface area contributed by atoms with Gasteiger partial charge in [0.1, 0.15) is 6.42 Å². The fourth-order valence-electron chi connectivity index (χ4n) is 2.39. The molecule has 0 aliphatic rings. The Hall–Kier alpha value is -2.63. The molecule has 0 spiro atoms. The molecule has 0 fully saturated rings. The Morgan fingerprint density at radius 3 is 2.37 bits per heavy atom. The van der Waals surface area contributed by atoms with Crippen molar-refractivity contribution in [2.75, 3.05) is 6.61 Å². The smallest absolute Gasteiger partial charge is 0.314 e. The zero-order valence-electron chi connectivity index (χ0n) is 16.6. The van der Waals surface area contributed by atoms with Crippen molar-refractivity contribution in [2.45, 2.75) is 59.0 Å². The monoisotopic (exact) mass is 376 g/mol. The normalized spacial score (nSPS) is 12.0. The average molecular weight is 376 g/mol. The third kappa shape index (κ3) is 6.55. The van der Waals surface area contributed by atoms with Gasteiger partial charge in [-0.2, -0.15) is 0 Å². The van der Waals surface area contributed by atoms with Crippen LogP contribution in [0.1, 0.15) is 58.6 Å². The van der Waals surface area contributed by atoms with E-state index in [0.29, 0.717) is 24.2 Å². The van der Waals surface area contributed by atoms with Crippen LogP contribution in [0, 0.1) is 0 Å². The minimum Gasteiger partial charge on any atom is -0.490 e. The second-order valence-corrected chi connectivity index (χ2v) is 7.01. The zero-order chi connectivity index (χ0) is 20.6. The third-order valence-corrected chi connectivity index (χ3v) is 3.86. The van der Waals surface area contributed by atoms with E-state index < -0.39 is 29.6 Å². The third-order valence-electron chi connectivity index (χ3n) is 3.86.